The monoisotopic (exact) mass is 822 g/mol. The summed E-state index contributed by atoms with van der Waals surface area (Å²) in [7, 11) is 0. The summed E-state index contributed by atoms with van der Waals surface area (Å²) in [6, 6.07) is 53.3. The minimum atomic E-state index is 0. The molecule has 52 heavy (non-hydrogen) atoms. The summed E-state index contributed by atoms with van der Waals surface area (Å²) in [5.41, 5.74) is 15.4. The van der Waals surface area contributed by atoms with Gasteiger partial charge in [0.2, 0.25) is 0 Å². The van der Waals surface area contributed by atoms with E-state index in [2.05, 4.69) is 186 Å². The number of aromatic nitrogens is 4. The molecule has 0 spiro atoms. The molecule has 8 bridgehead atoms. The van der Waals surface area contributed by atoms with Crippen molar-refractivity contribution in [3.63, 3.8) is 0 Å². The van der Waals surface area contributed by atoms with Gasteiger partial charge in [-0.15, -0.1) is 0 Å². The van der Waals surface area contributed by atoms with E-state index in [1.54, 1.807) is 0 Å². The van der Waals surface area contributed by atoms with E-state index in [0.29, 0.717) is 0 Å². The van der Waals surface area contributed by atoms with Crippen molar-refractivity contribution >= 4 is 46.4 Å². The predicted octanol–water partition coefficient (Wildman–Crippen LogP) is 2.13. The van der Waals surface area contributed by atoms with E-state index >= 15 is 0 Å². The van der Waals surface area contributed by atoms with Crippen LogP contribution in [-0.4, -0.2) is 19.5 Å². The summed E-state index contributed by atoms with van der Waals surface area (Å²) in [6.07, 6.45) is 8.44. The maximum atomic E-state index is 5.29. The second-order valence-corrected chi connectivity index (χ2v) is 12.0. The Balaban J connectivity index is 0.00000131. The van der Waals surface area contributed by atoms with Crippen LogP contribution in [0.2, 0.25) is 0 Å². The maximum Gasteiger partial charge on any atom is 3.00 e. The zero-order valence-corrected chi connectivity index (χ0v) is 31.5. The second-order valence-electron chi connectivity index (χ2n) is 12.0. The molecule has 256 valence electrons. The summed E-state index contributed by atoms with van der Waals surface area (Å²) in [5.74, 6) is 0. The number of benzene rings is 4. The average molecular weight is 824 g/mol. The van der Waals surface area contributed by atoms with E-state index < -0.39 is 0 Å². The van der Waals surface area contributed by atoms with Gasteiger partial charge in [0.15, 0.2) is 0 Å². The molecule has 5 heterocycles. The zero-order valence-electron chi connectivity index (χ0n) is 27.6. The van der Waals surface area contributed by atoms with Crippen molar-refractivity contribution in [3.8, 4) is 39.1 Å². The van der Waals surface area contributed by atoms with Gasteiger partial charge in [0, 0.05) is 33.4 Å². The molecule has 0 amide bonds. The van der Waals surface area contributed by atoms with Crippen molar-refractivity contribution in [1.29, 1.82) is 0 Å². The molecule has 0 atom stereocenters. The number of fused-ring (bicyclic) bond motifs is 8. The second kappa shape index (κ2) is 16.5. The molecule has 0 aliphatic carbocycles. The topological polar surface area (TPSA) is 46.5 Å². The van der Waals surface area contributed by atoms with E-state index in [1.165, 1.54) is 0 Å². The Morgan fingerprint density at radius 2 is 0.865 bits per heavy atom. The molecule has 1 N–H and O–H groups in total. The Hall–Kier alpha value is -5.03. The van der Waals surface area contributed by atoms with Gasteiger partial charge in [0.25, 0.3) is 0 Å². The fourth-order valence-electron chi connectivity index (χ4n) is 6.81. The fourth-order valence-corrected chi connectivity index (χ4v) is 6.81. The number of halogens is 3. The van der Waals surface area contributed by atoms with Crippen LogP contribution < -0.4 is 37.2 Å². The van der Waals surface area contributed by atoms with Gasteiger partial charge >= 0.3 is 19.5 Å². The van der Waals surface area contributed by atoms with E-state index in [4.69, 9.17) is 9.97 Å². The summed E-state index contributed by atoms with van der Waals surface area (Å²) in [4.78, 5) is 13.9. The summed E-state index contributed by atoms with van der Waals surface area (Å²) in [6.45, 7) is 0. The van der Waals surface area contributed by atoms with Crippen LogP contribution >= 0.6 is 0 Å². The van der Waals surface area contributed by atoms with Crippen molar-refractivity contribution < 1.29 is 56.7 Å². The van der Waals surface area contributed by atoms with Gasteiger partial charge in [-0.2, -0.15) is 0 Å². The minimum Gasteiger partial charge on any atom is -1.00 e. The first-order valence-electron chi connectivity index (χ1n) is 16.2. The third-order valence-corrected chi connectivity index (χ3v) is 8.87. The third-order valence-electron chi connectivity index (χ3n) is 8.87. The molecule has 4 aromatic carbocycles. The normalized spacial score (nSPS) is 11.1. The van der Waals surface area contributed by atoms with Gasteiger partial charge in [0.1, 0.15) is 0 Å². The van der Waals surface area contributed by atoms with Gasteiger partial charge in [-0.1, -0.05) is 109 Å². The summed E-state index contributed by atoms with van der Waals surface area (Å²) >= 11 is 0. The Kier molecular flexibility index (Phi) is 12.2. The molecule has 7 aromatic rings. The van der Waals surface area contributed by atoms with Gasteiger partial charge in [-0.3, -0.25) is 0 Å². The summed E-state index contributed by atoms with van der Waals surface area (Å²) < 4.78 is 2.41. The number of hydrogen-bond donors (Lipinski definition) is 1. The predicted molar refractivity (Wildman–Crippen MR) is 200 cm³/mol. The van der Waals surface area contributed by atoms with Gasteiger partial charge in [-0.25, -0.2) is 9.97 Å². The molecule has 0 saturated carbocycles. The van der Waals surface area contributed by atoms with Gasteiger partial charge < -0.3 is 46.8 Å². The summed E-state index contributed by atoms with van der Waals surface area (Å²) in [5, 5.41) is 0. The van der Waals surface area contributed by atoms with Crippen molar-refractivity contribution in [1.82, 2.24) is 19.5 Å². The Labute approximate surface area is 334 Å². The number of nitrogens with one attached hydrogen (secondary N) is 1. The number of rotatable bonds is 4. The first-order chi connectivity index (χ1) is 23.8. The van der Waals surface area contributed by atoms with Crippen molar-refractivity contribution in [2.75, 3.05) is 0 Å². The van der Waals surface area contributed by atoms with E-state index in [-0.39, 0.29) is 56.7 Å². The van der Waals surface area contributed by atoms with E-state index in [0.717, 1.165) is 83.9 Å². The molecule has 9 rings (SSSR count). The number of nitrogens with zero attached hydrogens (tertiary/aromatic N) is 3. The quantitative estimate of drug-likeness (QED) is 0.277. The van der Waals surface area contributed by atoms with Crippen LogP contribution in [0, 0.1) is 0 Å². The Bertz CT molecular complexity index is 2550. The van der Waals surface area contributed by atoms with E-state index in [9.17, 15) is 0 Å². The Morgan fingerprint density at radius 3 is 1.42 bits per heavy atom. The molecule has 0 unspecified atom stereocenters. The van der Waals surface area contributed by atoms with Crippen LogP contribution in [0.3, 0.4) is 0 Å². The van der Waals surface area contributed by atoms with Crippen LogP contribution in [-0.2, 0) is 19.5 Å². The maximum absolute atomic E-state index is 5.29. The van der Waals surface area contributed by atoms with Crippen LogP contribution in [0.1, 0.15) is 22.8 Å². The van der Waals surface area contributed by atoms with Crippen LogP contribution in [0.15, 0.2) is 152 Å². The fraction of sp³-hybridized carbons (Fsp3) is 0. The van der Waals surface area contributed by atoms with Gasteiger partial charge in [-0.05, 0) is 83.5 Å². The first-order valence-corrected chi connectivity index (χ1v) is 16.2. The van der Waals surface area contributed by atoms with Crippen molar-refractivity contribution in [2.24, 2.45) is 0 Å². The molecule has 0 radical (unpaired) electrons. The SMILES string of the molecule is C1=Cc2cc3c(-c4ccccc4)c(-c4ccccc4)c(c(-c4ccccc4)c4nc(cc5ccc(cc1n2)[nH]5)C=C4)n3-c1ccccc1.[Cl-].[Cl-].[Cl-].[Rh+3]. The van der Waals surface area contributed by atoms with Crippen LogP contribution in [0.4, 0.5) is 0 Å². The Morgan fingerprint density at radius 1 is 0.423 bits per heavy atom. The standard InChI is InChI=1S/C44H30N4.3ClH.Rh/c1-5-13-30(14-6-1)41-39-26-25-36(47-39)28-35-22-21-33(45-35)27-34-23-24-37(46-34)29-40-42(31-15-7-2-8-16-31)43(32-17-9-3-10-18-32)44(41)48(40)38-19-11-4-12-20-38;;;;/h1-29,45H;3*1H;/q;;;;+3/p-3. The molecule has 2 aliphatic heterocycles. The first kappa shape index (κ1) is 38.2. The largest absolute Gasteiger partial charge is 3.00 e. The van der Waals surface area contributed by atoms with Crippen LogP contribution in [0.25, 0.3) is 85.4 Å². The number of H-pyrrole nitrogens is 1. The smallest absolute Gasteiger partial charge is 1.00 e. The number of hydrogen-bond acceptors (Lipinski definition) is 2. The van der Waals surface area contributed by atoms with Crippen molar-refractivity contribution in [3.05, 3.63) is 174 Å². The molecule has 0 fully saturated rings. The minimum absolute atomic E-state index is 0. The molecular weight excluding hydrogens is 794 g/mol. The molecule has 8 heteroatoms. The molecule has 3 aromatic heterocycles. The van der Waals surface area contributed by atoms with Crippen LogP contribution in [0.5, 0.6) is 0 Å². The van der Waals surface area contributed by atoms with Gasteiger partial charge in [0.05, 0.1) is 33.8 Å². The molecule has 4 nitrogen and oxygen atoms in total. The zero-order chi connectivity index (χ0) is 31.9. The van der Waals surface area contributed by atoms with Crippen molar-refractivity contribution in [2.45, 2.75) is 0 Å². The molecule has 2 aliphatic rings. The third kappa shape index (κ3) is 7.19. The number of para-hydroxylation sites is 1. The molecule has 0 saturated heterocycles. The van der Waals surface area contributed by atoms with E-state index in [1.807, 2.05) is 0 Å². The number of aromatic amines is 1. The average Bonchev–Trinajstić information content (AvgIpc) is 3.95. The molecular formula is C44H30Cl3N4Rh.